The minimum atomic E-state index is -1.16. The molecular formula is C11H16N4O4. The Labute approximate surface area is 109 Å². The zero-order valence-corrected chi connectivity index (χ0v) is 10.4. The van der Waals surface area contributed by atoms with Crippen LogP contribution in [0.5, 0.6) is 0 Å². The lowest BCUT2D eigenvalue weighted by molar-refractivity contribution is -0.139. The first-order valence-corrected chi connectivity index (χ1v) is 5.65. The van der Waals surface area contributed by atoms with E-state index in [9.17, 15) is 14.4 Å². The second-order valence-electron chi connectivity index (χ2n) is 4.14. The van der Waals surface area contributed by atoms with Gasteiger partial charge in [0.25, 0.3) is 0 Å². The van der Waals surface area contributed by atoms with E-state index >= 15 is 0 Å². The summed E-state index contributed by atoms with van der Waals surface area (Å²) in [4.78, 5) is 40.2. The number of H-pyrrole nitrogens is 1. The Morgan fingerprint density at radius 1 is 1.53 bits per heavy atom. The number of aromatic amines is 1. The zero-order chi connectivity index (χ0) is 14.4. The number of aromatic nitrogens is 2. The number of Topliss-reactive ketones (excluding diaryl/α,β-unsaturated/α-hetero) is 1. The number of nitrogens with one attached hydrogen (secondary N) is 2. The van der Waals surface area contributed by atoms with E-state index in [0.29, 0.717) is 5.69 Å². The normalized spacial score (nSPS) is 13.6. The molecule has 1 unspecified atom stereocenters. The molecule has 0 radical (unpaired) electrons. The maximum absolute atomic E-state index is 12.0. The molecule has 1 aromatic rings. The zero-order valence-electron chi connectivity index (χ0n) is 10.4. The first-order chi connectivity index (χ1) is 8.90. The predicted molar refractivity (Wildman–Crippen MR) is 65.1 cm³/mol. The predicted octanol–water partition coefficient (Wildman–Crippen LogP) is -1.17. The van der Waals surface area contributed by atoms with Gasteiger partial charge in [-0.25, -0.2) is 4.98 Å². The third-order valence-electron chi connectivity index (χ3n) is 2.46. The van der Waals surface area contributed by atoms with Crippen LogP contribution in [-0.4, -0.2) is 44.8 Å². The third kappa shape index (κ3) is 4.88. The highest BCUT2D eigenvalue weighted by molar-refractivity contribution is 5.94. The lowest BCUT2D eigenvalue weighted by atomic mass is 9.99. The van der Waals surface area contributed by atoms with E-state index in [1.807, 2.05) is 0 Å². The number of rotatable bonds is 7. The maximum Gasteiger partial charge on any atom is 0.305 e. The van der Waals surface area contributed by atoms with Crippen LogP contribution in [0.1, 0.15) is 19.0 Å². The van der Waals surface area contributed by atoms with E-state index in [4.69, 9.17) is 10.8 Å². The van der Waals surface area contributed by atoms with Gasteiger partial charge in [0, 0.05) is 25.2 Å². The fourth-order valence-corrected chi connectivity index (χ4v) is 1.63. The van der Waals surface area contributed by atoms with Crippen molar-refractivity contribution < 1.29 is 19.5 Å². The van der Waals surface area contributed by atoms with Crippen LogP contribution < -0.4 is 11.1 Å². The number of aliphatic carboxylic acids is 1. The Hall–Kier alpha value is -2.22. The van der Waals surface area contributed by atoms with Crippen LogP contribution in [0.2, 0.25) is 0 Å². The van der Waals surface area contributed by atoms with Gasteiger partial charge >= 0.3 is 5.97 Å². The molecule has 8 nitrogen and oxygen atoms in total. The minimum absolute atomic E-state index is 0.186. The van der Waals surface area contributed by atoms with Crippen LogP contribution in [0, 0.1) is 0 Å². The Balaban J connectivity index is 2.75. The summed E-state index contributed by atoms with van der Waals surface area (Å²) in [7, 11) is 0. The molecule has 0 saturated heterocycles. The number of nitrogens with two attached hydrogens (primary N) is 1. The van der Waals surface area contributed by atoms with Gasteiger partial charge in [-0.2, -0.15) is 0 Å². The number of ketones is 1. The summed E-state index contributed by atoms with van der Waals surface area (Å²) in [6.45, 7) is 1.27. The van der Waals surface area contributed by atoms with Gasteiger partial charge in [-0.15, -0.1) is 0 Å². The van der Waals surface area contributed by atoms with E-state index in [-0.39, 0.29) is 12.3 Å². The SMILES string of the molecule is CC(=O)NC(Cc1cnc[nH]1)C(=O)[C@@H](N)CC(=O)O. The number of carbonyl (C=O) groups excluding carboxylic acids is 2. The van der Waals surface area contributed by atoms with E-state index in [2.05, 4.69) is 15.3 Å². The molecule has 1 aromatic heterocycles. The van der Waals surface area contributed by atoms with Crippen LogP contribution in [0.3, 0.4) is 0 Å². The molecule has 0 aliphatic carbocycles. The number of imidazole rings is 1. The molecule has 0 spiro atoms. The molecule has 0 aliphatic heterocycles. The van der Waals surface area contributed by atoms with Crippen LogP contribution in [0.15, 0.2) is 12.5 Å². The molecule has 1 rings (SSSR count). The van der Waals surface area contributed by atoms with Gasteiger partial charge in [0.15, 0.2) is 5.78 Å². The summed E-state index contributed by atoms with van der Waals surface area (Å²) < 4.78 is 0. The average Bonchev–Trinajstić information content (AvgIpc) is 2.78. The number of carbonyl (C=O) groups is 3. The molecule has 2 atom stereocenters. The van der Waals surface area contributed by atoms with E-state index in [1.54, 1.807) is 0 Å². The third-order valence-corrected chi connectivity index (χ3v) is 2.46. The second kappa shape index (κ2) is 6.64. The number of amides is 1. The number of nitrogens with zero attached hydrogens (tertiary/aromatic N) is 1. The summed E-state index contributed by atoms with van der Waals surface area (Å²) in [5.74, 6) is -2.07. The van der Waals surface area contributed by atoms with Crippen LogP contribution in [0.25, 0.3) is 0 Å². The number of carboxylic acids is 1. The largest absolute Gasteiger partial charge is 0.481 e. The smallest absolute Gasteiger partial charge is 0.305 e. The van der Waals surface area contributed by atoms with Gasteiger partial charge in [0.1, 0.15) is 0 Å². The molecule has 5 N–H and O–H groups in total. The molecule has 0 bridgehead atoms. The first kappa shape index (κ1) is 14.8. The van der Waals surface area contributed by atoms with Crippen molar-refractivity contribution >= 4 is 17.7 Å². The van der Waals surface area contributed by atoms with Gasteiger partial charge in [0.2, 0.25) is 5.91 Å². The Morgan fingerprint density at radius 2 is 2.21 bits per heavy atom. The number of hydrogen-bond donors (Lipinski definition) is 4. The lowest BCUT2D eigenvalue weighted by Crippen LogP contribution is -2.49. The van der Waals surface area contributed by atoms with Gasteiger partial charge in [-0.3, -0.25) is 14.4 Å². The van der Waals surface area contributed by atoms with E-state index in [0.717, 1.165) is 0 Å². The highest BCUT2D eigenvalue weighted by Crippen LogP contribution is 2.04. The summed E-state index contributed by atoms with van der Waals surface area (Å²) in [5.41, 5.74) is 6.16. The van der Waals surface area contributed by atoms with Crippen molar-refractivity contribution in [3.8, 4) is 0 Å². The molecule has 19 heavy (non-hydrogen) atoms. The molecule has 0 saturated carbocycles. The van der Waals surface area contributed by atoms with Crippen molar-refractivity contribution in [1.82, 2.24) is 15.3 Å². The number of hydrogen-bond acceptors (Lipinski definition) is 5. The highest BCUT2D eigenvalue weighted by Gasteiger charge is 2.27. The van der Waals surface area contributed by atoms with Gasteiger partial charge in [0.05, 0.1) is 24.8 Å². The monoisotopic (exact) mass is 268 g/mol. The highest BCUT2D eigenvalue weighted by atomic mass is 16.4. The minimum Gasteiger partial charge on any atom is -0.481 e. The maximum atomic E-state index is 12.0. The molecule has 0 aromatic carbocycles. The fraction of sp³-hybridized carbons (Fsp3) is 0.455. The summed E-state index contributed by atoms with van der Waals surface area (Å²) in [5, 5.41) is 11.1. The molecule has 0 fully saturated rings. The Morgan fingerprint density at radius 3 is 2.68 bits per heavy atom. The van der Waals surface area contributed by atoms with Crippen molar-refractivity contribution in [2.45, 2.75) is 31.8 Å². The quantitative estimate of drug-likeness (QED) is 0.491. The fourth-order valence-electron chi connectivity index (χ4n) is 1.63. The van der Waals surface area contributed by atoms with Crippen molar-refractivity contribution in [3.63, 3.8) is 0 Å². The van der Waals surface area contributed by atoms with Gasteiger partial charge < -0.3 is 21.1 Å². The molecule has 1 amide bonds. The summed E-state index contributed by atoms with van der Waals surface area (Å²) in [6.07, 6.45) is 2.68. The first-order valence-electron chi connectivity index (χ1n) is 5.65. The second-order valence-corrected chi connectivity index (χ2v) is 4.14. The van der Waals surface area contributed by atoms with E-state index in [1.165, 1.54) is 19.4 Å². The molecule has 0 aliphatic rings. The van der Waals surface area contributed by atoms with Crippen molar-refractivity contribution in [2.75, 3.05) is 0 Å². The van der Waals surface area contributed by atoms with Crippen LogP contribution in [-0.2, 0) is 20.8 Å². The summed E-state index contributed by atoms with van der Waals surface area (Å²) in [6, 6.07) is -2.02. The Bertz CT molecular complexity index is 457. The topological polar surface area (TPSA) is 138 Å². The van der Waals surface area contributed by atoms with Crippen molar-refractivity contribution in [1.29, 1.82) is 0 Å². The van der Waals surface area contributed by atoms with Crippen molar-refractivity contribution in [2.24, 2.45) is 5.73 Å². The molecule has 104 valence electrons. The molecule has 8 heteroatoms. The Kier molecular flexibility index (Phi) is 5.19. The van der Waals surface area contributed by atoms with Crippen LogP contribution >= 0.6 is 0 Å². The van der Waals surface area contributed by atoms with Gasteiger partial charge in [-0.05, 0) is 0 Å². The van der Waals surface area contributed by atoms with Crippen LogP contribution in [0.4, 0.5) is 0 Å². The van der Waals surface area contributed by atoms with E-state index < -0.39 is 30.3 Å². The van der Waals surface area contributed by atoms with Crippen molar-refractivity contribution in [3.05, 3.63) is 18.2 Å². The molecular weight excluding hydrogens is 252 g/mol. The lowest BCUT2D eigenvalue weighted by Gasteiger charge is -2.19. The summed E-state index contributed by atoms with van der Waals surface area (Å²) >= 11 is 0. The molecule has 1 heterocycles. The number of carboxylic acid groups (broad SMARTS) is 1. The average molecular weight is 268 g/mol. The van der Waals surface area contributed by atoms with Gasteiger partial charge in [-0.1, -0.05) is 0 Å². The standard InChI is InChI=1S/C11H16N4O4/c1-6(16)15-9(2-7-4-13-5-14-7)11(19)8(12)3-10(17)18/h4-5,8-9H,2-3,12H2,1H3,(H,13,14)(H,15,16)(H,17,18)/t8-,9?/m0/s1.